The van der Waals surface area contributed by atoms with Crippen LogP contribution in [0.1, 0.15) is 5.56 Å². The number of rotatable bonds is 2. The third kappa shape index (κ3) is 2.03. The summed E-state index contributed by atoms with van der Waals surface area (Å²) in [5, 5.41) is 5.55. The van der Waals surface area contributed by atoms with Crippen molar-refractivity contribution in [2.75, 3.05) is 16.9 Å². The lowest BCUT2D eigenvalue weighted by Gasteiger charge is -2.17. The van der Waals surface area contributed by atoms with Crippen LogP contribution in [0.2, 0.25) is 0 Å². The number of fused-ring (bicyclic) bond motifs is 2. The smallest absolute Gasteiger partial charge is 0.276 e. The van der Waals surface area contributed by atoms with Crippen molar-refractivity contribution in [2.45, 2.75) is 6.54 Å². The van der Waals surface area contributed by atoms with Crippen molar-refractivity contribution in [3.63, 3.8) is 0 Å². The van der Waals surface area contributed by atoms with Gasteiger partial charge in [0, 0.05) is 6.54 Å². The largest absolute Gasteiger partial charge is 0.360 e. The van der Waals surface area contributed by atoms with Gasteiger partial charge in [0.05, 0.1) is 13.0 Å². The molecule has 104 valence electrons. The first-order chi connectivity index (χ1) is 10.3. The highest BCUT2D eigenvalue weighted by Gasteiger charge is 2.22. The van der Waals surface area contributed by atoms with Crippen molar-refractivity contribution in [2.24, 2.45) is 0 Å². The highest BCUT2D eigenvalue weighted by molar-refractivity contribution is 5.83. The summed E-state index contributed by atoms with van der Waals surface area (Å²) in [6, 6.07) is 14.7. The summed E-state index contributed by atoms with van der Waals surface area (Å²) in [5.41, 5.74) is 1.63. The van der Waals surface area contributed by atoms with Crippen molar-refractivity contribution in [3.05, 3.63) is 64.7 Å². The van der Waals surface area contributed by atoms with Crippen molar-refractivity contribution in [3.8, 4) is 0 Å². The lowest BCUT2D eigenvalue weighted by atomic mass is 10.1. The minimum atomic E-state index is -0.124. The van der Waals surface area contributed by atoms with E-state index in [1.807, 2.05) is 12.1 Å². The van der Waals surface area contributed by atoms with E-state index in [9.17, 15) is 4.79 Å². The first-order valence-corrected chi connectivity index (χ1v) is 6.85. The molecular weight excluding hydrogens is 264 g/mol. The lowest BCUT2D eigenvalue weighted by molar-refractivity contribution is 0.855. The summed E-state index contributed by atoms with van der Waals surface area (Å²) in [4.78, 5) is 20.6. The highest BCUT2D eigenvalue weighted by atomic mass is 16.1. The van der Waals surface area contributed by atoms with Crippen LogP contribution in [0.3, 0.4) is 0 Å². The zero-order chi connectivity index (χ0) is 14.2. The zero-order valence-corrected chi connectivity index (χ0v) is 11.3. The minimum Gasteiger partial charge on any atom is -0.360 e. The number of H-pyrrole nitrogens is 1. The molecule has 2 aromatic carbocycles. The molecule has 5 heteroatoms. The molecule has 0 unspecified atom stereocenters. The quantitative estimate of drug-likeness (QED) is 0.755. The summed E-state index contributed by atoms with van der Waals surface area (Å²) in [7, 11) is 0. The predicted molar refractivity (Wildman–Crippen MR) is 83.5 cm³/mol. The van der Waals surface area contributed by atoms with Crippen LogP contribution in [0.4, 0.5) is 11.5 Å². The summed E-state index contributed by atoms with van der Waals surface area (Å²) in [6.07, 6.45) is 1.45. The molecule has 0 spiro atoms. The first-order valence-electron chi connectivity index (χ1n) is 6.85. The Morgan fingerprint density at radius 1 is 1.14 bits per heavy atom. The Morgan fingerprint density at radius 2 is 2.00 bits per heavy atom. The molecule has 0 aliphatic carbocycles. The maximum absolute atomic E-state index is 11.7. The van der Waals surface area contributed by atoms with Gasteiger partial charge in [0.1, 0.15) is 5.69 Å². The Balaban J connectivity index is 1.67. The van der Waals surface area contributed by atoms with Gasteiger partial charge in [0.15, 0.2) is 5.82 Å². The molecule has 2 N–H and O–H groups in total. The number of aromatic amines is 1. The lowest BCUT2D eigenvalue weighted by Crippen LogP contribution is -2.22. The van der Waals surface area contributed by atoms with E-state index in [0.717, 1.165) is 6.54 Å². The van der Waals surface area contributed by atoms with Crippen LogP contribution in [0.5, 0.6) is 0 Å². The maximum atomic E-state index is 11.7. The molecule has 0 bridgehead atoms. The van der Waals surface area contributed by atoms with Crippen LogP contribution < -0.4 is 15.8 Å². The van der Waals surface area contributed by atoms with Gasteiger partial charge in [-0.15, -0.1) is 0 Å². The standard InChI is InChI=1S/C16H14N4O/c21-16-14-15(17-9-18-16)20(10-19-14)8-11-5-6-12-3-1-2-4-13(12)7-11/h1-7,9,19H,8,10H2,(H,17,18,21). The van der Waals surface area contributed by atoms with E-state index in [1.165, 1.54) is 22.7 Å². The summed E-state index contributed by atoms with van der Waals surface area (Å²) < 4.78 is 0. The fraction of sp³-hybridized carbons (Fsp3) is 0.125. The Bertz CT molecular complexity index is 871. The van der Waals surface area contributed by atoms with E-state index in [-0.39, 0.29) is 5.56 Å². The van der Waals surface area contributed by atoms with Gasteiger partial charge in [-0.2, -0.15) is 0 Å². The number of aromatic nitrogens is 2. The molecule has 0 saturated carbocycles. The monoisotopic (exact) mass is 278 g/mol. The average molecular weight is 278 g/mol. The van der Waals surface area contributed by atoms with E-state index < -0.39 is 0 Å². The number of anilines is 2. The van der Waals surface area contributed by atoms with E-state index in [4.69, 9.17) is 0 Å². The number of nitrogens with zero attached hydrogens (tertiary/aromatic N) is 2. The Hall–Kier alpha value is -2.82. The van der Waals surface area contributed by atoms with Crippen LogP contribution >= 0.6 is 0 Å². The molecule has 1 aliphatic rings. The first kappa shape index (κ1) is 12.0. The van der Waals surface area contributed by atoms with Crippen LogP contribution in [0.15, 0.2) is 53.6 Å². The van der Waals surface area contributed by atoms with E-state index >= 15 is 0 Å². The number of benzene rings is 2. The predicted octanol–water partition coefficient (Wildman–Crippen LogP) is 2.31. The molecular formula is C16H14N4O. The van der Waals surface area contributed by atoms with Crippen molar-refractivity contribution < 1.29 is 0 Å². The molecule has 3 aromatic rings. The normalized spacial score (nSPS) is 13.2. The highest BCUT2D eigenvalue weighted by Crippen LogP contribution is 2.26. The Morgan fingerprint density at radius 3 is 2.90 bits per heavy atom. The molecule has 0 saturated heterocycles. The molecule has 2 heterocycles. The van der Waals surface area contributed by atoms with E-state index in [0.29, 0.717) is 18.2 Å². The van der Waals surface area contributed by atoms with Crippen molar-refractivity contribution >= 4 is 22.3 Å². The fourth-order valence-electron chi connectivity index (χ4n) is 2.73. The van der Waals surface area contributed by atoms with Crippen LogP contribution in [0, 0.1) is 0 Å². The van der Waals surface area contributed by atoms with Crippen LogP contribution in [-0.4, -0.2) is 16.6 Å². The Kier molecular flexibility index (Phi) is 2.64. The second-order valence-electron chi connectivity index (χ2n) is 5.14. The molecule has 1 aliphatic heterocycles. The SMILES string of the molecule is O=c1[nH]cnc2c1NCN2Cc1ccc2ccccc2c1. The Labute approximate surface area is 121 Å². The summed E-state index contributed by atoms with van der Waals surface area (Å²) in [5.74, 6) is 0.715. The van der Waals surface area contributed by atoms with E-state index in [2.05, 4.69) is 50.5 Å². The fourth-order valence-corrected chi connectivity index (χ4v) is 2.73. The maximum Gasteiger partial charge on any atom is 0.276 e. The zero-order valence-electron chi connectivity index (χ0n) is 11.3. The van der Waals surface area contributed by atoms with Gasteiger partial charge in [0.25, 0.3) is 5.56 Å². The van der Waals surface area contributed by atoms with Gasteiger partial charge in [-0.05, 0) is 22.4 Å². The van der Waals surface area contributed by atoms with Gasteiger partial charge in [-0.3, -0.25) is 4.79 Å². The molecule has 1 aromatic heterocycles. The average Bonchev–Trinajstić information content (AvgIpc) is 2.92. The van der Waals surface area contributed by atoms with Crippen molar-refractivity contribution in [1.82, 2.24) is 9.97 Å². The topological polar surface area (TPSA) is 61.0 Å². The minimum absolute atomic E-state index is 0.124. The third-order valence-electron chi connectivity index (χ3n) is 3.77. The second kappa shape index (κ2) is 4.63. The molecule has 0 atom stereocenters. The molecule has 0 radical (unpaired) electrons. The number of hydrogen-bond donors (Lipinski definition) is 2. The molecule has 0 amide bonds. The van der Waals surface area contributed by atoms with Gasteiger partial charge in [-0.25, -0.2) is 4.98 Å². The molecule has 4 rings (SSSR count). The summed E-state index contributed by atoms with van der Waals surface area (Å²) >= 11 is 0. The van der Waals surface area contributed by atoms with Crippen LogP contribution in [-0.2, 0) is 6.54 Å². The van der Waals surface area contributed by atoms with Gasteiger partial charge in [0.2, 0.25) is 0 Å². The number of hydrogen-bond acceptors (Lipinski definition) is 4. The van der Waals surface area contributed by atoms with Gasteiger partial charge >= 0.3 is 0 Å². The van der Waals surface area contributed by atoms with Crippen LogP contribution in [0.25, 0.3) is 10.8 Å². The third-order valence-corrected chi connectivity index (χ3v) is 3.77. The van der Waals surface area contributed by atoms with Gasteiger partial charge in [-0.1, -0.05) is 36.4 Å². The molecule has 21 heavy (non-hydrogen) atoms. The second-order valence-corrected chi connectivity index (χ2v) is 5.14. The van der Waals surface area contributed by atoms with Crippen molar-refractivity contribution in [1.29, 1.82) is 0 Å². The van der Waals surface area contributed by atoms with E-state index in [1.54, 1.807) is 0 Å². The van der Waals surface area contributed by atoms with Gasteiger partial charge < -0.3 is 15.2 Å². The molecule has 0 fully saturated rings. The molecule has 5 nitrogen and oxygen atoms in total. The summed E-state index contributed by atoms with van der Waals surface area (Å²) in [6.45, 7) is 1.32. The number of nitrogens with one attached hydrogen (secondary N) is 2.